The first-order valence-corrected chi connectivity index (χ1v) is 14.1. The molecule has 2 amide bonds. The third kappa shape index (κ3) is 4.95. The number of anilines is 2. The lowest BCUT2D eigenvalue weighted by atomic mass is 9.89. The van der Waals surface area contributed by atoms with Gasteiger partial charge < -0.3 is 29.9 Å². The molecule has 0 unspecified atom stereocenters. The summed E-state index contributed by atoms with van der Waals surface area (Å²) >= 11 is 6.40. The van der Waals surface area contributed by atoms with E-state index in [0.717, 1.165) is 44.3 Å². The van der Waals surface area contributed by atoms with E-state index >= 15 is 0 Å². The summed E-state index contributed by atoms with van der Waals surface area (Å²) in [5.74, 6) is 0.969. The van der Waals surface area contributed by atoms with Gasteiger partial charge >= 0.3 is 0 Å². The number of benzene rings is 2. The Morgan fingerprint density at radius 3 is 2.54 bits per heavy atom. The molecule has 6 rings (SSSR count). The highest BCUT2D eigenvalue weighted by atomic mass is 35.5. The van der Waals surface area contributed by atoms with E-state index in [1.807, 2.05) is 19.2 Å². The number of nitrogens with one attached hydrogen (secondary N) is 2. The molecule has 1 aromatic heterocycles. The van der Waals surface area contributed by atoms with Crippen LogP contribution in [0.4, 0.5) is 11.6 Å². The van der Waals surface area contributed by atoms with Crippen molar-refractivity contribution in [2.45, 2.75) is 43.7 Å². The summed E-state index contributed by atoms with van der Waals surface area (Å²) in [4.78, 5) is 39.0. The minimum Gasteiger partial charge on any atom is -0.495 e. The summed E-state index contributed by atoms with van der Waals surface area (Å²) in [5.41, 5.74) is 2.11. The summed E-state index contributed by atoms with van der Waals surface area (Å²) < 4.78 is 11.7. The summed E-state index contributed by atoms with van der Waals surface area (Å²) in [6.45, 7) is 3.97. The highest BCUT2D eigenvalue weighted by Crippen LogP contribution is 2.57. The van der Waals surface area contributed by atoms with Gasteiger partial charge in [0.05, 0.1) is 30.1 Å². The molecule has 1 saturated carbocycles. The number of hydrogen-bond donors (Lipinski definition) is 2. The Balaban J connectivity index is 1.21. The van der Waals surface area contributed by atoms with Crippen molar-refractivity contribution in [1.82, 2.24) is 25.1 Å². The molecule has 0 bridgehead atoms. The van der Waals surface area contributed by atoms with Gasteiger partial charge in [-0.2, -0.15) is 4.98 Å². The standard InChI is InChI=1S/C30H33ClN6O4/c1-29(12-14-36(2)15-13-29)35-25(38)18-8-9-21(23(16-18)40-4)33-28-32-17-20(31)26(34-28)41-22-7-5-6-19-24(22)27(39)37(3)30(19)10-11-30/h5-9,16-17H,10-15H2,1-4H3,(H,35,38)(H,32,33,34). The molecule has 3 aliphatic rings. The minimum atomic E-state index is -0.251. The molecule has 2 aliphatic heterocycles. The molecule has 2 N–H and O–H groups in total. The quantitative estimate of drug-likeness (QED) is 0.406. The van der Waals surface area contributed by atoms with Crippen molar-refractivity contribution in [3.63, 3.8) is 0 Å². The Morgan fingerprint density at radius 1 is 1.07 bits per heavy atom. The van der Waals surface area contributed by atoms with Crippen molar-refractivity contribution in [3.8, 4) is 17.4 Å². The number of halogens is 1. The van der Waals surface area contributed by atoms with Gasteiger partial charge in [-0.1, -0.05) is 23.7 Å². The maximum atomic E-state index is 13.1. The normalized spacial score (nSPS) is 18.7. The molecule has 1 spiro atoms. The Morgan fingerprint density at radius 2 is 1.83 bits per heavy atom. The average molecular weight is 577 g/mol. The zero-order valence-electron chi connectivity index (χ0n) is 23.6. The number of carbonyl (C=O) groups excluding carboxylic acids is 2. The van der Waals surface area contributed by atoms with Crippen molar-refractivity contribution in [3.05, 3.63) is 64.3 Å². The summed E-state index contributed by atoms with van der Waals surface area (Å²) in [6, 6.07) is 10.8. The van der Waals surface area contributed by atoms with Crippen LogP contribution in [0.25, 0.3) is 0 Å². The van der Waals surface area contributed by atoms with Gasteiger partial charge in [0.25, 0.3) is 11.8 Å². The van der Waals surface area contributed by atoms with Gasteiger partial charge in [-0.15, -0.1) is 0 Å². The monoisotopic (exact) mass is 576 g/mol. The lowest BCUT2D eigenvalue weighted by Gasteiger charge is -2.38. The van der Waals surface area contributed by atoms with Gasteiger partial charge in [-0.25, -0.2) is 4.98 Å². The lowest BCUT2D eigenvalue weighted by Crippen LogP contribution is -2.52. The third-order valence-electron chi connectivity index (χ3n) is 8.55. The Labute approximate surface area is 244 Å². The molecule has 1 aliphatic carbocycles. The van der Waals surface area contributed by atoms with E-state index in [0.29, 0.717) is 28.3 Å². The molecule has 11 heteroatoms. The molecule has 10 nitrogen and oxygen atoms in total. The first-order chi connectivity index (χ1) is 19.6. The highest BCUT2D eigenvalue weighted by molar-refractivity contribution is 6.31. The van der Waals surface area contributed by atoms with E-state index in [1.165, 1.54) is 13.3 Å². The van der Waals surface area contributed by atoms with Gasteiger partial charge in [0.2, 0.25) is 11.8 Å². The van der Waals surface area contributed by atoms with Gasteiger partial charge in [-0.05, 0) is 69.5 Å². The molecule has 0 atom stereocenters. The van der Waals surface area contributed by atoms with Crippen LogP contribution in [0.1, 0.15) is 58.9 Å². The number of piperidine rings is 1. The van der Waals surface area contributed by atoms with Crippen molar-refractivity contribution in [1.29, 1.82) is 0 Å². The van der Waals surface area contributed by atoms with Gasteiger partial charge in [0, 0.05) is 31.2 Å². The van der Waals surface area contributed by atoms with Crippen LogP contribution in [0.2, 0.25) is 5.02 Å². The highest BCUT2D eigenvalue weighted by Gasteiger charge is 2.57. The van der Waals surface area contributed by atoms with Gasteiger partial charge in [0.1, 0.15) is 16.5 Å². The fourth-order valence-electron chi connectivity index (χ4n) is 5.72. The Hall–Kier alpha value is -3.89. The van der Waals surface area contributed by atoms with Crippen LogP contribution >= 0.6 is 11.6 Å². The van der Waals surface area contributed by atoms with Crippen LogP contribution in [0, 0.1) is 0 Å². The number of nitrogens with zero attached hydrogens (tertiary/aromatic N) is 4. The molecule has 1 saturated heterocycles. The first-order valence-electron chi connectivity index (χ1n) is 13.7. The van der Waals surface area contributed by atoms with Gasteiger partial charge in [-0.3, -0.25) is 9.59 Å². The van der Waals surface area contributed by atoms with E-state index in [2.05, 4.69) is 39.5 Å². The molecular weight excluding hydrogens is 544 g/mol. The number of fused-ring (bicyclic) bond motifs is 2. The summed E-state index contributed by atoms with van der Waals surface area (Å²) in [7, 11) is 5.46. The number of amides is 2. The van der Waals surface area contributed by atoms with Crippen molar-refractivity contribution in [2.75, 3.05) is 39.6 Å². The zero-order valence-corrected chi connectivity index (χ0v) is 24.3. The molecule has 3 heterocycles. The number of likely N-dealkylation sites (tertiary alicyclic amines) is 1. The smallest absolute Gasteiger partial charge is 0.258 e. The van der Waals surface area contributed by atoms with E-state index in [4.69, 9.17) is 21.1 Å². The second kappa shape index (κ2) is 10.2. The zero-order chi connectivity index (χ0) is 28.9. The van der Waals surface area contributed by atoms with Gasteiger partial charge in [0.15, 0.2) is 0 Å². The lowest BCUT2D eigenvalue weighted by molar-refractivity contribution is 0.0753. The first kappa shape index (κ1) is 27.3. The van der Waals surface area contributed by atoms with E-state index in [-0.39, 0.29) is 39.7 Å². The van der Waals surface area contributed by atoms with Crippen LogP contribution < -0.4 is 20.1 Å². The average Bonchev–Trinajstić information content (AvgIpc) is 3.74. The number of ether oxygens (including phenoxy) is 2. The fourth-order valence-corrected chi connectivity index (χ4v) is 5.85. The van der Waals surface area contributed by atoms with Crippen molar-refractivity contribution in [2.24, 2.45) is 0 Å². The Bertz CT molecular complexity index is 1530. The molecule has 3 aromatic rings. The van der Waals surface area contributed by atoms with Crippen molar-refractivity contribution < 1.29 is 19.1 Å². The van der Waals surface area contributed by atoms with Crippen LogP contribution in [0.3, 0.4) is 0 Å². The summed E-state index contributed by atoms with van der Waals surface area (Å²) in [6.07, 6.45) is 5.09. The molecule has 41 heavy (non-hydrogen) atoms. The molecule has 2 fully saturated rings. The number of methoxy groups -OCH3 is 1. The van der Waals surface area contributed by atoms with Crippen molar-refractivity contribution >= 4 is 35.1 Å². The molecular formula is C30H33ClN6O4. The van der Waals surface area contributed by atoms with Crippen LogP contribution in [0.5, 0.6) is 17.4 Å². The second-order valence-corrected chi connectivity index (χ2v) is 11.8. The molecule has 214 valence electrons. The fraction of sp³-hybridized carbons (Fsp3) is 0.400. The number of aromatic nitrogens is 2. The SMILES string of the molecule is COc1cc(C(=O)NC2(C)CCN(C)CC2)ccc1Nc1ncc(Cl)c(Oc2cccc3c2C(=O)N(C)C32CC2)n1. The minimum absolute atomic E-state index is 0.0738. The summed E-state index contributed by atoms with van der Waals surface area (Å²) in [5, 5.41) is 6.53. The van der Waals surface area contributed by atoms with E-state index in [1.54, 1.807) is 29.2 Å². The number of rotatable bonds is 7. The van der Waals surface area contributed by atoms with Crippen LogP contribution in [-0.2, 0) is 5.54 Å². The largest absolute Gasteiger partial charge is 0.495 e. The van der Waals surface area contributed by atoms with E-state index < -0.39 is 0 Å². The molecule has 2 aromatic carbocycles. The molecule has 0 radical (unpaired) electrons. The second-order valence-electron chi connectivity index (χ2n) is 11.4. The van der Waals surface area contributed by atoms with Crippen LogP contribution in [-0.4, -0.2) is 71.4 Å². The predicted molar refractivity (Wildman–Crippen MR) is 155 cm³/mol. The maximum absolute atomic E-state index is 13.1. The Kier molecular flexibility index (Phi) is 6.78. The maximum Gasteiger partial charge on any atom is 0.258 e. The number of hydrogen-bond acceptors (Lipinski definition) is 8. The third-order valence-corrected chi connectivity index (χ3v) is 8.81. The topological polar surface area (TPSA) is 109 Å². The van der Waals surface area contributed by atoms with Crippen LogP contribution in [0.15, 0.2) is 42.6 Å². The van der Waals surface area contributed by atoms with E-state index in [9.17, 15) is 9.59 Å². The predicted octanol–water partition coefficient (Wildman–Crippen LogP) is 4.96. The number of carbonyl (C=O) groups is 2.